The normalized spacial score (nSPS) is 17.6. The Kier molecular flexibility index (Phi) is 2.73. The second kappa shape index (κ2) is 4.19. The Morgan fingerprint density at radius 1 is 1.29 bits per heavy atom. The maximum absolute atomic E-state index is 8.69. The third-order valence-corrected chi connectivity index (χ3v) is 2.80. The maximum Gasteiger partial charge on any atom is 0.232 e. The van der Waals surface area contributed by atoms with Crippen LogP contribution in [0.2, 0.25) is 0 Å². The fourth-order valence-corrected chi connectivity index (χ4v) is 2.05. The molecule has 1 aromatic heterocycles. The van der Waals surface area contributed by atoms with Crippen LogP contribution < -0.4 is 0 Å². The lowest BCUT2D eigenvalue weighted by molar-refractivity contribution is 0.436. The van der Waals surface area contributed by atoms with E-state index in [2.05, 4.69) is 9.97 Å². The minimum atomic E-state index is 0.299. The van der Waals surface area contributed by atoms with Gasteiger partial charge in [0.2, 0.25) is 5.82 Å². The van der Waals surface area contributed by atoms with Crippen molar-refractivity contribution in [2.24, 2.45) is 0 Å². The van der Waals surface area contributed by atoms with E-state index in [0.29, 0.717) is 11.7 Å². The molecule has 0 bridgehead atoms. The van der Waals surface area contributed by atoms with Gasteiger partial charge in [0.1, 0.15) is 6.07 Å². The predicted molar refractivity (Wildman–Crippen MR) is 52.6 cm³/mol. The third kappa shape index (κ3) is 1.90. The first-order valence-electron chi connectivity index (χ1n) is 5.13. The summed E-state index contributed by atoms with van der Waals surface area (Å²) in [5.74, 6) is 0.854. The number of nitriles is 1. The summed E-state index contributed by atoms with van der Waals surface area (Å²) < 4.78 is 0. The highest BCUT2D eigenvalue weighted by Gasteiger charge is 2.16. The lowest BCUT2D eigenvalue weighted by Gasteiger charge is -2.20. The van der Waals surface area contributed by atoms with Gasteiger partial charge in [-0.05, 0) is 18.9 Å². The standard InChI is InChI=1S/C11H13N3/c12-8-11-13-7-6-10(14-11)9-4-2-1-3-5-9/h6-7,9H,1-5H2. The number of aromatic nitrogens is 2. The molecular weight excluding hydrogens is 174 g/mol. The van der Waals surface area contributed by atoms with Crippen LogP contribution in [0.3, 0.4) is 0 Å². The Hall–Kier alpha value is -1.43. The zero-order valence-corrected chi connectivity index (χ0v) is 8.11. The fourth-order valence-electron chi connectivity index (χ4n) is 2.05. The smallest absolute Gasteiger partial charge is 0.228 e. The molecule has 3 nitrogen and oxygen atoms in total. The minimum absolute atomic E-state index is 0.299. The van der Waals surface area contributed by atoms with E-state index in [4.69, 9.17) is 5.26 Å². The molecule has 0 spiro atoms. The topological polar surface area (TPSA) is 49.6 Å². The molecule has 14 heavy (non-hydrogen) atoms. The van der Waals surface area contributed by atoms with E-state index < -0.39 is 0 Å². The monoisotopic (exact) mass is 187 g/mol. The molecule has 0 N–H and O–H groups in total. The first-order valence-corrected chi connectivity index (χ1v) is 5.13. The lowest BCUT2D eigenvalue weighted by atomic mass is 9.87. The largest absolute Gasteiger partial charge is 0.232 e. The summed E-state index contributed by atoms with van der Waals surface area (Å²) in [6.07, 6.45) is 8.03. The van der Waals surface area contributed by atoms with Crippen molar-refractivity contribution >= 4 is 0 Å². The van der Waals surface area contributed by atoms with Gasteiger partial charge in [-0.25, -0.2) is 9.97 Å². The van der Waals surface area contributed by atoms with Gasteiger partial charge >= 0.3 is 0 Å². The maximum atomic E-state index is 8.69. The molecule has 1 saturated carbocycles. The van der Waals surface area contributed by atoms with Gasteiger partial charge in [0.25, 0.3) is 0 Å². The van der Waals surface area contributed by atoms with E-state index in [1.807, 2.05) is 12.1 Å². The quantitative estimate of drug-likeness (QED) is 0.678. The lowest BCUT2D eigenvalue weighted by Crippen LogP contribution is -2.07. The average Bonchev–Trinajstić information content (AvgIpc) is 2.30. The number of hydrogen-bond acceptors (Lipinski definition) is 3. The van der Waals surface area contributed by atoms with Crippen LogP contribution in [-0.4, -0.2) is 9.97 Å². The van der Waals surface area contributed by atoms with Crippen LogP contribution >= 0.6 is 0 Å². The number of rotatable bonds is 1. The highest BCUT2D eigenvalue weighted by Crippen LogP contribution is 2.31. The molecule has 1 aliphatic carbocycles. The Balaban J connectivity index is 2.18. The van der Waals surface area contributed by atoms with Gasteiger partial charge in [-0.1, -0.05) is 19.3 Å². The summed E-state index contributed by atoms with van der Waals surface area (Å²) in [6.45, 7) is 0. The van der Waals surface area contributed by atoms with E-state index in [0.717, 1.165) is 5.69 Å². The summed E-state index contributed by atoms with van der Waals surface area (Å²) in [5.41, 5.74) is 1.05. The van der Waals surface area contributed by atoms with Crippen LogP contribution in [0.1, 0.15) is 49.5 Å². The molecule has 1 aromatic rings. The Morgan fingerprint density at radius 2 is 2.07 bits per heavy atom. The van der Waals surface area contributed by atoms with Gasteiger partial charge in [0, 0.05) is 17.8 Å². The van der Waals surface area contributed by atoms with E-state index in [9.17, 15) is 0 Å². The van der Waals surface area contributed by atoms with Crippen molar-refractivity contribution in [3.8, 4) is 6.07 Å². The average molecular weight is 187 g/mol. The molecule has 1 fully saturated rings. The Bertz CT molecular complexity index is 348. The molecule has 0 radical (unpaired) electrons. The molecule has 0 unspecified atom stereocenters. The van der Waals surface area contributed by atoms with Gasteiger partial charge in [-0.3, -0.25) is 0 Å². The molecular formula is C11H13N3. The van der Waals surface area contributed by atoms with Crippen molar-refractivity contribution in [3.05, 3.63) is 23.8 Å². The predicted octanol–water partition coefficient (Wildman–Crippen LogP) is 2.40. The van der Waals surface area contributed by atoms with Crippen LogP contribution in [0.15, 0.2) is 12.3 Å². The van der Waals surface area contributed by atoms with Crippen molar-refractivity contribution in [1.82, 2.24) is 9.97 Å². The van der Waals surface area contributed by atoms with Crippen LogP contribution in [0.4, 0.5) is 0 Å². The van der Waals surface area contributed by atoms with Gasteiger partial charge < -0.3 is 0 Å². The van der Waals surface area contributed by atoms with Gasteiger partial charge in [-0.2, -0.15) is 5.26 Å². The van der Waals surface area contributed by atoms with Crippen LogP contribution in [-0.2, 0) is 0 Å². The highest BCUT2D eigenvalue weighted by atomic mass is 14.9. The molecule has 1 heterocycles. The van der Waals surface area contributed by atoms with E-state index >= 15 is 0 Å². The fraction of sp³-hybridized carbons (Fsp3) is 0.545. The Morgan fingerprint density at radius 3 is 2.79 bits per heavy atom. The van der Waals surface area contributed by atoms with Crippen LogP contribution in [0.25, 0.3) is 0 Å². The Labute approximate surface area is 83.8 Å². The molecule has 3 heteroatoms. The van der Waals surface area contributed by atoms with Gasteiger partial charge in [-0.15, -0.1) is 0 Å². The van der Waals surface area contributed by atoms with Gasteiger partial charge in [0.15, 0.2) is 0 Å². The second-order valence-electron chi connectivity index (χ2n) is 3.75. The molecule has 2 rings (SSSR count). The van der Waals surface area contributed by atoms with E-state index in [-0.39, 0.29) is 0 Å². The van der Waals surface area contributed by atoms with Crippen molar-refractivity contribution in [2.45, 2.75) is 38.0 Å². The molecule has 0 amide bonds. The number of nitrogens with zero attached hydrogens (tertiary/aromatic N) is 3. The molecule has 0 aromatic carbocycles. The third-order valence-electron chi connectivity index (χ3n) is 2.80. The van der Waals surface area contributed by atoms with Crippen molar-refractivity contribution < 1.29 is 0 Å². The molecule has 0 aliphatic heterocycles. The summed E-state index contributed by atoms with van der Waals surface area (Å²) in [4.78, 5) is 8.12. The van der Waals surface area contributed by atoms with Crippen molar-refractivity contribution in [2.75, 3.05) is 0 Å². The van der Waals surface area contributed by atoms with E-state index in [1.165, 1.54) is 32.1 Å². The first-order chi connectivity index (χ1) is 6.90. The number of hydrogen-bond donors (Lipinski definition) is 0. The van der Waals surface area contributed by atoms with Crippen LogP contribution in [0.5, 0.6) is 0 Å². The summed E-state index contributed by atoms with van der Waals surface area (Å²) in [7, 11) is 0. The zero-order chi connectivity index (χ0) is 9.80. The van der Waals surface area contributed by atoms with Crippen molar-refractivity contribution in [1.29, 1.82) is 5.26 Å². The summed E-state index contributed by atoms with van der Waals surface area (Å²) in [6, 6.07) is 3.93. The molecule has 0 atom stereocenters. The molecule has 0 saturated heterocycles. The highest BCUT2D eigenvalue weighted by molar-refractivity contribution is 5.15. The SMILES string of the molecule is N#Cc1nccc(C2CCCCC2)n1. The van der Waals surface area contributed by atoms with Crippen molar-refractivity contribution in [3.63, 3.8) is 0 Å². The summed E-state index contributed by atoms with van der Waals surface area (Å²) in [5, 5.41) is 8.69. The molecule has 1 aliphatic rings. The molecule has 72 valence electrons. The first kappa shape index (κ1) is 9.14. The second-order valence-corrected chi connectivity index (χ2v) is 3.75. The summed E-state index contributed by atoms with van der Waals surface area (Å²) >= 11 is 0. The van der Waals surface area contributed by atoms with E-state index in [1.54, 1.807) is 6.20 Å². The zero-order valence-electron chi connectivity index (χ0n) is 8.11. The van der Waals surface area contributed by atoms with Gasteiger partial charge in [0.05, 0.1) is 0 Å². The van der Waals surface area contributed by atoms with Crippen LogP contribution in [0, 0.1) is 11.3 Å². The minimum Gasteiger partial charge on any atom is -0.228 e.